The first-order valence-corrected chi connectivity index (χ1v) is 8.63. The van der Waals surface area contributed by atoms with E-state index in [1.807, 2.05) is 0 Å². The molecule has 0 aromatic heterocycles. The second-order valence-electron chi connectivity index (χ2n) is 6.81. The molecule has 1 saturated heterocycles. The molecule has 26 heavy (non-hydrogen) atoms. The number of hydrogen-bond acceptors (Lipinski definition) is 10. The standard InChI is InChI=1S/C15H23ClO10/c16-12-8(19)5-1-2-24-13(7(5)15(12,23)4-18)26-14-11(22)10(21)9(20)6(3-17)25-14/h1-2,5-14,17-23H,3-4H2. The maximum absolute atomic E-state index is 10.7. The Labute approximate surface area is 153 Å². The molecule has 10 nitrogen and oxygen atoms in total. The lowest BCUT2D eigenvalue weighted by Crippen LogP contribution is -2.61. The van der Waals surface area contributed by atoms with Gasteiger partial charge in [0, 0.05) is 5.92 Å². The van der Waals surface area contributed by atoms with Crippen LogP contribution >= 0.6 is 11.6 Å². The van der Waals surface area contributed by atoms with Crippen LogP contribution in [0, 0.1) is 11.8 Å². The van der Waals surface area contributed by atoms with E-state index >= 15 is 0 Å². The number of fused-ring (bicyclic) bond motifs is 1. The number of ether oxygens (including phenoxy) is 3. The Bertz CT molecular complexity index is 533. The molecule has 3 rings (SSSR count). The normalized spacial score (nSPS) is 54.0. The van der Waals surface area contributed by atoms with Crippen molar-refractivity contribution in [3.8, 4) is 0 Å². The van der Waals surface area contributed by atoms with E-state index in [0.717, 1.165) is 0 Å². The first kappa shape index (κ1) is 20.2. The fraction of sp³-hybridized carbons (Fsp3) is 0.867. The number of alkyl halides is 1. The molecule has 0 amide bonds. The van der Waals surface area contributed by atoms with Crippen LogP contribution in [0.4, 0.5) is 0 Å². The minimum Gasteiger partial charge on any atom is -0.472 e. The van der Waals surface area contributed by atoms with Crippen molar-refractivity contribution in [3.05, 3.63) is 12.3 Å². The highest BCUT2D eigenvalue weighted by Crippen LogP contribution is 2.49. The third kappa shape index (κ3) is 3.04. The van der Waals surface area contributed by atoms with Gasteiger partial charge in [0.25, 0.3) is 0 Å². The molecular weight excluding hydrogens is 376 g/mol. The van der Waals surface area contributed by atoms with Gasteiger partial charge in [-0.1, -0.05) is 0 Å². The predicted molar refractivity (Wildman–Crippen MR) is 83.5 cm³/mol. The van der Waals surface area contributed by atoms with Crippen LogP contribution < -0.4 is 0 Å². The van der Waals surface area contributed by atoms with E-state index in [1.54, 1.807) is 0 Å². The topological polar surface area (TPSA) is 169 Å². The van der Waals surface area contributed by atoms with Crippen molar-refractivity contribution in [1.29, 1.82) is 0 Å². The Kier molecular flexibility index (Phi) is 5.81. The van der Waals surface area contributed by atoms with Crippen molar-refractivity contribution in [1.82, 2.24) is 0 Å². The van der Waals surface area contributed by atoms with Gasteiger partial charge >= 0.3 is 0 Å². The van der Waals surface area contributed by atoms with Crippen LogP contribution in [0.3, 0.4) is 0 Å². The van der Waals surface area contributed by atoms with E-state index in [2.05, 4.69) is 0 Å². The summed E-state index contributed by atoms with van der Waals surface area (Å²) in [5.41, 5.74) is -1.94. The molecule has 1 saturated carbocycles. The molecule has 0 bridgehead atoms. The molecule has 11 unspecified atom stereocenters. The Balaban J connectivity index is 1.82. The minimum atomic E-state index is -1.94. The summed E-state index contributed by atoms with van der Waals surface area (Å²) in [5.74, 6) is -1.69. The molecule has 11 atom stereocenters. The molecule has 0 radical (unpaired) electrons. The molecule has 150 valence electrons. The zero-order valence-electron chi connectivity index (χ0n) is 13.6. The Morgan fingerprint density at radius 2 is 1.69 bits per heavy atom. The first-order chi connectivity index (χ1) is 12.3. The van der Waals surface area contributed by atoms with E-state index in [1.165, 1.54) is 12.3 Å². The highest BCUT2D eigenvalue weighted by molar-refractivity contribution is 6.22. The molecule has 3 aliphatic rings. The maximum atomic E-state index is 10.7. The summed E-state index contributed by atoms with van der Waals surface area (Å²) in [6, 6.07) is 0. The molecule has 7 N–H and O–H groups in total. The van der Waals surface area contributed by atoms with Crippen LogP contribution in [-0.2, 0) is 14.2 Å². The van der Waals surface area contributed by atoms with Crippen molar-refractivity contribution in [2.45, 2.75) is 54.1 Å². The summed E-state index contributed by atoms with van der Waals surface area (Å²) < 4.78 is 16.1. The van der Waals surface area contributed by atoms with Crippen molar-refractivity contribution >= 4 is 11.6 Å². The van der Waals surface area contributed by atoms with Gasteiger partial charge in [-0.3, -0.25) is 0 Å². The Morgan fingerprint density at radius 3 is 2.31 bits per heavy atom. The molecule has 0 spiro atoms. The average Bonchev–Trinajstić information content (AvgIpc) is 2.85. The molecular formula is C15H23ClO10. The summed E-state index contributed by atoms with van der Waals surface area (Å²) in [5, 5.41) is 68.3. The maximum Gasteiger partial charge on any atom is 0.208 e. The smallest absolute Gasteiger partial charge is 0.208 e. The van der Waals surface area contributed by atoms with E-state index in [4.69, 9.17) is 25.8 Å². The van der Waals surface area contributed by atoms with E-state index < -0.39 is 79.1 Å². The highest BCUT2D eigenvalue weighted by Gasteiger charge is 2.63. The predicted octanol–water partition coefficient (Wildman–Crippen LogP) is -3.39. The van der Waals surface area contributed by atoms with Crippen molar-refractivity contribution < 1.29 is 50.0 Å². The Morgan fingerprint density at radius 1 is 1.00 bits per heavy atom. The second-order valence-corrected chi connectivity index (χ2v) is 7.28. The molecule has 1 aliphatic carbocycles. The number of hydrogen-bond donors (Lipinski definition) is 7. The molecule has 0 aromatic rings. The van der Waals surface area contributed by atoms with E-state index in [0.29, 0.717) is 0 Å². The summed E-state index contributed by atoms with van der Waals surface area (Å²) in [7, 11) is 0. The zero-order valence-corrected chi connectivity index (χ0v) is 14.3. The monoisotopic (exact) mass is 398 g/mol. The lowest BCUT2D eigenvalue weighted by atomic mass is 9.84. The average molecular weight is 399 g/mol. The third-order valence-electron chi connectivity index (χ3n) is 5.34. The van der Waals surface area contributed by atoms with Crippen molar-refractivity contribution in [2.75, 3.05) is 13.2 Å². The van der Waals surface area contributed by atoms with Gasteiger partial charge in [0.2, 0.25) is 6.29 Å². The minimum absolute atomic E-state index is 0.634. The number of rotatable bonds is 4. The molecule has 0 aromatic carbocycles. The lowest BCUT2D eigenvalue weighted by Gasteiger charge is -2.43. The summed E-state index contributed by atoms with van der Waals surface area (Å²) in [6.07, 6.45) is -7.31. The quantitative estimate of drug-likeness (QED) is 0.237. The summed E-state index contributed by atoms with van der Waals surface area (Å²) in [6.45, 7) is -1.41. The molecule has 2 aliphatic heterocycles. The highest BCUT2D eigenvalue weighted by atomic mass is 35.5. The van der Waals surface area contributed by atoms with Gasteiger partial charge in [0.15, 0.2) is 6.29 Å². The first-order valence-electron chi connectivity index (χ1n) is 8.19. The fourth-order valence-corrected chi connectivity index (χ4v) is 4.17. The second kappa shape index (κ2) is 7.47. The van der Waals surface area contributed by atoms with Crippen LogP contribution in [0.25, 0.3) is 0 Å². The summed E-state index contributed by atoms with van der Waals surface area (Å²) >= 11 is 6.08. The van der Waals surface area contributed by atoms with Crippen molar-refractivity contribution in [2.24, 2.45) is 11.8 Å². The van der Waals surface area contributed by atoms with Crippen LogP contribution in [0.5, 0.6) is 0 Å². The largest absolute Gasteiger partial charge is 0.472 e. The number of aliphatic hydroxyl groups excluding tert-OH is 6. The van der Waals surface area contributed by atoms with Crippen LogP contribution in [0.2, 0.25) is 0 Å². The van der Waals surface area contributed by atoms with Gasteiger partial charge in [-0.15, -0.1) is 11.6 Å². The van der Waals surface area contributed by atoms with E-state index in [9.17, 15) is 35.7 Å². The molecule has 2 fully saturated rings. The number of halogens is 1. The van der Waals surface area contributed by atoms with Crippen LogP contribution in [0.1, 0.15) is 0 Å². The van der Waals surface area contributed by atoms with Gasteiger partial charge in [0.05, 0.1) is 36.9 Å². The van der Waals surface area contributed by atoms with E-state index in [-0.39, 0.29) is 0 Å². The lowest BCUT2D eigenvalue weighted by molar-refractivity contribution is -0.347. The van der Waals surface area contributed by atoms with Crippen LogP contribution in [0.15, 0.2) is 12.3 Å². The SMILES string of the molecule is OCC1OC(OC2OC=CC3C(O)C(Cl)C(O)(CO)C23)C(O)C(O)C1O. The summed E-state index contributed by atoms with van der Waals surface area (Å²) in [4.78, 5) is 0. The van der Waals surface area contributed by atoms with Crippen LogP contribution in [-0.4, -0.2) is 103 Å². The van der Waals surface area contributed by atoms with Gasteiger partial charge in [-0.2, -0.15) is 0 Å². The Hall–Kier alpha value is -0.530. The van der Waals surface area contributed by atoms with Gasteiger partial charge < -0.3 is 50.0 Å². The third-order valence-corrected chi connectivity index (χ3v) is 5.98. The zero-order chi connectivity index (χ0) is 19.2. The van der Waals surface area contributed by atoms with Crippen molar-refractivity contribution in [3.63, 3.8) is 0 Å². The van der Waals surface area contributed by atoms with Gasteiger partial charge in [-0.05, 0) is 6.08 Å². The van der Waals surface area contributed by atoms with Gasteiger partial charge in [0.1, 0.15) is 30.0 Å². The van der Waals surface area contributed by atoms with Gasteiger partial charge in [-0.25, -0.2) is 0 Å². The number of aliphatic hydroxyl groups is 7. The fourth-order valence-electron chi connectivity index (χ4n) is 3.79. The molecule has 2 heterocycles. The molecule has 11 heteroatoms.